The summed E-state index contributed by atoms with van der Waals surface area (Å²) in [7, 11) is 0. The van der Waals surface area contributed by atoms with Crippen molar-refractivity contribution < 1.29 is 9.53 Å². The van der Waals surface area contributed by atoms with Gasteiger partial charge in [0.25, 0.3) is 0 Å². The number of hydrogen-bond donors (Lipinski definition) is 0. The summed E-state index contributed by atoms with van der Waals surface area (Å²) in [5.41, 5.74) is 1.32. The first kappa shape index (κ1) is 14.5. The van der Waals surface area contributed by atoms with Crippen LogP contribution in [0.15, 0.2) is 43.0 Å². The molecule has 2 nitrogen and oxygen atoms in total. The van der Waals surface area contributed by atoms with Crippen LogP contribution in [0.5, 0.6) is 0 Å². The van der Waals surface area contributed by atoms with Crippen LogP contribution in [0.1, 0.15) is 37.7 Å². The fraction of sp³-hybridized carbons (Fsp3) is 0.438. The Labute approximate surface area is 110 Å². The molecule has 0 aromatic heterocycles. The predicted molar refractivity (Wildman–Crippen MR) is 74.3 cm³/mol. The lowest BCUT2D eigenvalue weighted by Crippen LogP contribution is -2.19. The summed E-state index contributed by atoms with van der Waals surface area (Å²) < 4.78 is 5.08. The minimum absolute atomic E-state index is 0.161. The Kier molecular flexibility index (Phi) is 6.85. The number of hydrogen-bond acceptors (Lipinski definition) is 2. The zero-order valence-corrected chi connectivity index (χ0v) is 11.1. The van der Waals surface area contributed by atoms with E-state index in [1.165, 1.54) is 30.9 Å². The van der Waals surface area contributed by atoms with Crippen molar-refractivity contribution in [3.05, 3.63) is 48.6 Å². The van der Waals surface area contributed by atoms with Crippen molar-refractivity contribution >= 4 is 5.97 Å². The SMILES string of the molecule is C=CC(=O)OC1CCCCC1.Cc1ccccc1. The second-order valence-corrected chi connectivity index (χ2v) is 4.56. The third kappa shape index (κ3) is 6.24. The third-order valence-corrected chi connectivity index (χ3v) is 2.94. The molecule has 18 heavy (non-hydrogen) atoms. The number of rotatable bonds is 2. The molecule has 98 valence electrons. The van der Waals surface area contributed by atoms with E-state index >= 15 is 0 Å². The molecule has 0 bridgehead atoms. The number of benzene rings is 1. The molecule has 1 aromatic carbocycles. The molecule has 1 aliphatic carbocycles. The van der Waals surface area contributed by atoms with Crippen LogP contribution < -0.4 is 0 Å². The summed E-state index contributed by atoms with van der Waals surface area (Å²) in [6, 6.07) is 10.3. The van der Waals surface area contributed by atoms with E-state index in [9.17, 15) is 4.79 Å². The van der Waals surface area contributed by atoms with Crippen LogP contribution in [-0.2, 0) is 9.53 Å². The van der Waals surface area contributed by atoms with Crippen LogP contribution in [0.4, 0.5) is 0 Å². The Morgan fingerprint density at radius 1 is 1.22 bits per heavy atom. The molecule has 0 saturated heterocycles. The summed E-state index contributed by atoms with van der Waals surface area (Å²) in [4.78, 5) is 10.7. The minimum atomic E-state index is -0.281. The van der Waals surface area contributed by atoms with Crippen molar-refractivity contribution in [2.75, 3.05) is 0 Å². The van der Waals surface area contributed by atoms with Gasteiger partial charge in [-0.15, -0.1) is 0 Å². The van der Waals surface area contributed by atoms with Crippen LogP contribution >= 0.6 is 0 Å². The van der Waals surface area contributed by atoms with Gasteiger partial charge in [-0.3, -0.25) is 0 Å². The van der Waals surface area contributed by atoms with Crippen molar-refractivity contribution in [2.24, 2.45) is 0 Å². The van der Waals surface area contributed by atoms with Gasteiger partial charge in [0, 0.05) is 6.08 Å². The Hall–Kier alpha value is -1.57. The molecular formula is C16H22O2. The molecular weight excluding hydrogens is 224 g/mol. The molecule has 0 unspecified atom stereocenters. The van der Waals surface area contributed by atoms with E-state index in [1.54, 1.807) is 0 Å². The highest BCUT2D eigenvalue weighted by atomic mass is 16.5. The zero-order chi connectivity index (χ0) is 13.2. The molecule has 1 aromatic rings. The van der Waals surface area contributed by atoms with Gasteiger partial charge in [-0.25, -0.2) is 4.79 Å². The number of aryl methyl sites for hydroxylation is 1. The van der Waals surface area contributed by atoms with Gasteiger partial charge in [-0.2, -0.15) is 0 Å². The van der Waals surface area contributed by atoms with Gasteiger partial charge >= 0.3 is 5.97 Å². The Balaban J connectivity index is 0.000000199. The summed E-state index contributed by atoms with van der Waals surface area (Å²) in [5.74, 6) is -0.281. The normalized spacial score (nSPS) is 15.2. The number of esters is 1. The van der Waals surface area contributed by atoms with E-state index in [0.29, 0.717) is 0 Å². The highest BCUT2D eigenvalue weighted by Crippen LogP contribution is 2.20. The number of carbonyl (C=O) groups is 1. The first-order valence-corrected chi connectivity index (χ1v) is 6.57. The molecule has 1 aliphatic rings. The van der Waals surface area contributed by atoms with Crippen LogP contribution in [0, 0.1) is 6.92 Å². The van der Waals surface area contributed by atoms with Gasteiger partial charge in [0.2, 0.25) is 0 Å². The zero-order valence-electron chi connectivity index (χ0n) is 11.1. The average molecular weight is 246 g/mol. The predicted octanol–water partition coefficient (Wildman–Crippen LogP) is 4.04. The van der Waals surface area contributed by atoms with Gasteiger partial charge in [-0.05, 0) is 32.6 Å². The quantitative estimate of drug-likeness (QED) is 0.581. The minimum Gasteiger partial charge on any atom is -0.459 e. The standard InChI is InChI=1S/C9H14O2.C7H8/c1-2-9(10)11-8-6-4-3-5-7-8;1-7-5-3-2-4-6-7/h2,8H,1,3-7H2;2-6H,1H3. The van der Waals surface area contributed by atoms with Crippen molar-refractivity contribution in [2.45, 2.75) is 45.1 Å². The largest absolute Gasteiger partial charge is 0.459 e. The number of carbonyl (C=O) groups excluding carboxylic acids is 1. The fourth-order valence-electron chi connectivity index (χ4n) is 1.93. The van der Waals surface area contributed by atoms with Crippen molar-refractivity contribution in [1.82, 2.24) is 0 Å². The average Bonchev–Trinajstić information content (AvgIpc) is 2.41. The molecule has 0 radical (unpaired) electrons. The lowest BCUT2D eigenvalue weighted by molar-refractivity contribution is -0.144. The molecule has 1 fully saturated rings. The molecule has 0 N–H and O–H groups in total. The van der Waals surface area contributed by atoms with E-state index in [0.717, 1.165) is 12.8 Å². The molecule has 0 atom stereocenters. The maximum atomic E-state index is 10.7. The Bertz CT molecular complexity index is 351. The van der Waals surface area contributed by atoms with Crippen molar-refractivity contribution in [3.63, 3.8) is 0 Å². The number of ether oxygens (including phenoxy) is 1. The van der Waals surface area contributed by atoms with E-state index in [-0.39, 0.29) is 12.1 Å². The second-order valence-electron chi connectivity index (χ2n) is 4.56. The lowest BCUT2D eigenvalue weighted by atomic mass is 9.98. The van der Waals surface area contributed by atoms with Gasteiger partial charge < -0.3 is 4.74 Å². The summed E-state index contributed by atoms with van der Waals surface area (Å²) >= 11 is 0. The van der Waals surface area contributed by atoms with Crippen LogP contribution in [0.3, 0.4) is 0 Å². The van der Waals surface area contributed by atoms with E-state index in [1.807, 2.05) is 18.2 Å². The van der Waals surface area contributed by atoms with Crippen LogP contribution in [0.2, 0.25) is 0 Å². The van der Waals surface area contributed by atoms with Gasteiger partial charge in [0.1, 0.15) is 6.10 Å². The van der Waals surface area contributed by atoms with Gasteiger partial charge in [-0.1, -0.05) is 48.9 Å². The third-order valence-electron chi connectivity index (χ3n) is 2.94. The summed E-state index contributed by atoms with van der Waals surface area (Å²) in [6.07, 6.45) is 7.11. The lowest BCUT2D eigenvalue weighted by Gasteiger charge is -2.20. The molecule has 0 heterocycles. The van der Waals surface area contributed by atoms with Crippen LogP contribution in [0.25, 0.3) is 0 Å². The van der Waals surface area contributed by atoms with E-state index in [2.05, 4.69) is 25.6 Å². The monoisotopic (exact) mass is 246 g/mol. The molecule has 2 heteroatoms. The maximum absolute atomic E-state index is 10.7. The van der Waals surface area contributed by atoms with E-state index < -0.39 is 0 Å². The topological polar surface area (TPSA) is 26.3 Å². The highest BCUT2D eigenvalue weighted by molar-refractivity contribution is 5.81. The van der Waals surface area contributed by atoms with Crippen molar-refractivity contribution in [1.29, 1.82) is 0 Å². The molecule has 0 aliphatic heterocycles. The first-order chi connectivity index (χ1) is 8.72. The van der Waals surface area contributed by atoms with Crippen LogP contribution in [-0.4, -0.2) is 12.1 Å². The van der Waals surface area contributed by atoms with Gasteiger partial charge in [0.15, 0.2) is 0 Å². The fourth-order valence-corrected chi connectivity index (χ4v) is 1.93. The first-order valence-electron chi connectivity index (χ1n) is 6.57. The van der Waals surface area contributed by atoms with E-state index in [4.69, 9.17) is 4.74 Å². The molecule has 0 spiro atoms. The Morgan fingerprint density at radius 3 is 2.28 bits per heavy atom. The smallest absolute Gasteiger partial charge is 0.330 e. The molecule has 0 amide bonds. The maximum Gasteiger partial charge on any atom is 0.330 e. The second kappa shape index (κ2) is 8.51. The molecule has 1 saturated carbocycles. The van der Waals surface area contributed by atoms with Gasteiger partial charge in [0.05, 0.1) is 0 Å². The molecule has 2 rings (SSSR count). The summed E-state index contributed by atoms with van der Waals surface area (Å²) in [6.45, 7) is 5.43. The summed E-state index contributed by atoms with van der Waals surface area (Å²) in [5, 5.41) is 0. The van der Waals surface area contributed by atoms with Crippen molar-refractivity contribution in [3.8, 4) is 0 Å². The Morgan fingerprint density at radius 2 is 1.83 bits per heavy atom. The highest BCUT2D eigenvalue weighted by Gasteiger charge is 2.15.